The van der Waals surface area contributed by atoms with E-state index in [0.29, 0.717) is 59.4 Å². The molecule has 1 aliphatic carbocycles. The molecule has 2 aliphatic rings. The summed E-state index contributed by atoms with van der Waals surface area (Å²) in [7, 11) is -3.31. The Bertz CT molecular complexity index is 1310. The van der Waals surface area contributed by atoms with Crippen molar-refractivity contribution < 1.29 is 27.4 Å². The average Bonchev–Trinajstić information content (AvgIpc) is 3.43. The second kappa shape index (κ2) is 9.81. The molecule has 0 spiro atoms. The highest BCUT2D eigenvalue weighted by Gasteiger charge is 2.37. The van der Waals surface area contributed by atoms with Gasteiger partial charge in [0.1, 0.15) is 10.3 Å². The van der Waals surface area contributed by atoms with E-state index in [1.165, 1.54) is 11.3 Å². The van der Waals surface area contributed by atoms with Crippen LogP contribution >= 0.6 is 11.3 Å². The normalized spacial score (nSPS) is 19.2. The van der Waals surface area contributed by atoms with Crippen molar-refractivity contribution >= 4 is 42.6 Å². The molecule has 3 aromatic rings. The first-order chi connectivity index (χ1) is 16.8. The third-order valence-corrected chi connectivity index (χ3v) is 8.90. The number of sulfone groups is 1. The van der Waals surface area contributed by atoms with Gasteiger partial charge in [-0.05, 0) is 56.9 Å². The summed E-state index contributed by atoms with van der Waals surface area (Å²) in [5.41, 5.74) is 1.22. The second-order valence-electron chi connectivity index (χ2n) is 8.96. The van der Waals surface area contributed by atoms with Crippen LogP contribution in [0, 0.1) is 0 Å². The van der Waals surface area contributed by atoms with Gasteiger partial charge in [-0.3, -0.25) is 10.1 Å². The molecule has 0 radical (unpaired) electrons. The summed E-state index contributed by atoms with van der Waals surface area (Å²) >= 11 is 1.24. The standard InChI is InChI=1S/C24H27N3O6S2/c1-14(2)32-20-10-9-19-23(26-20)34-24(25-19)27-22(28)21(33-16-11-12-31-13-16)15-3-5-17(6-4-15)35(29,30)18-7-8-18/h3-6,9-10,14,16,18,21H,7-8,11-13H2,1-2H3,(H,25,27,28). The van der Waals surface area contributed by atoms with Gasteiger partial charge in [0.15, 0.2) is 21.1 Å². The predicted octanol–water partition coefficient (Wildman–Crippen LogP) is 3.90. The minimum absolute atomic E-state index is 0.00447. The summed E-state index contributed by atoms with van der Waals surface area (Å²) in [6.07, 6.45) is 0.897. The molecular formula is C24H27N3O6S2. The van der Waals surface area contributed by atoms with Crippen molar-refractivity contribution in [2.24, 2.45) is 0 Å². The molecule has 2 unspecified atom stereocenters. The lowest BCUT2D eigenvalue weighted by molar-refractivity contribution is -0.131. The Hall–Kier alpha value is -2.60. The Balaban J connectivity index is 1.37. The third kappa shape index (κ3) is 5.48. The molecule has 3 heterocycles. The third-order valence-electron chi connectivity index (χ3n) is 5.75. The lowest BCUT2D eigenvalue weighted by atomic mass is 10.1. The van der Waals surface area contributed by atoms with E-state index in [1.54, 1.807) is 36.4 Å². The second-order valence-corrected chi connectivity index (χ2v) is 12.2. The zero-order valence-corrected chi connectivity index (χ0v) is 21.1. The minimum atomic E-state index is -3.31. The molecule has 35 heavy (non-hydrogen) atoms. The number of ether oxygens (including phenoxy) is 3. The molecule has 1 N–H and O–H groups in total. The van der Waals surface area contributed by atoms with E-state index in [1.807, 2.05) is 13.8 Å². The zero-order valence-electron chi connectivity index (χ0n) is 19.5. The number of rotatable bonds is 9. The van der Waals surface area contributed by atoms with Crippen LogP contribution < -0.4 is 10.1 Å². The van der Waals surface area contributed by atoms with Crippen molar-refractivity contribution in [3.63, 3.8) is 0 Å². The largest absolute Gasteiger partial charge is 0.475 e. The highest BCUT2D eigenvalue weighted by atomic mass is 32.2. The SMILES string of the molecule is CC(C)Oc1ccc2nc(NC(=O)C(OC3CCOC3)c3ccc(S(=O)(=O)C4CC4)cc3)sc2n1. The number of carbonyl (C=O) groups is 1. The molecule has 0 bridgehead atoms. The van der Waals surface area contributed by atoms with Crippen LogP contribution in [0.5, 0.6) is 5.88 Å². The number of amides is 1. The number of aromatic nitrogens is 2. The fourth-order valence-corrected chi connectivity index (χ4v) is 6.33. The van der Waals surface area contributed by atoms with Gasteiger partial charge in [0.25, 0.3) is 5.91 Å². The average molecular weight is 518 g/mol. The topological polar surface area (TPSA) is 117 Å². The molecule has 186 valence electrons. The molecule has 1 amide bonds. The van der Waals surface area contributed by atoms with E-state index in [0.717, 1.165) is 0 Å². The van der Waals surface area contributed by atoms with E-state index in [9.17, 15) is 13.2 Å². The van der Waals surface area contributed by atoms with E-state index < -0.39 is 21.8 Å². The Morgan fingerprint density at radius 2 is 1.89 bits per heavy atom. The van der Waals surface area contributed by atoms with Gasteiger partial charge < -0.3 is 14.2 Å². The summed E-state index contributed by atoms with van der Waals surface area (Å²) in [6.45, 7) is 4.82. The molecule has 1 saturated carbocycles. The van der Waals surface area contributed by atoms with Gasteiger partial charge >= 0.3 is 0 Å². The van der Waals surface area contributed by atoms with Crippen LogP contribution in [0.1, 0.15) is 44.8 Å². The molecule has 2 atom stereocenters. The van der Waals surface area contributed by atoms with Gasteiger partial charge in [0.05, 0.1) is 29.0 Å². The highest BCUT2D eigenvalue weighted by molar-refractivity contribution is 7.92. The van der Waals surface area contributed by atoms with Crippen LogP contribution in [-0.2, 0) is 24.1 Å². The maximum Gasteiger partial charge on any atom is 0.259 e. The maximum atomic E-state index is 13.3. The van der Waals surface area contributed by atoms with Gasteiger partial charge in [0, 0.05) is 12.7 Å². The molecule has 1 aromatic carbocycles. The number of hydrogen-bond donors (Lipinski definition) is 1. The molecule has 2 fully saturated rings. The van der Waals surface area contributed by atoms with Crippen LogP contribution in [0.25, 0.3) is 10.3 Å². The van der Waals surface area contributed by atoms with Crippen molar-refractivity contribution in [3.8, 4) is 5.88 Å². The predicted molar refractivity (Wildman–Crippen MR) is 132 cm³/mol. The van der Waals surface area contributed by atoms with Crippen molar-refractivity contribution in [2.75, 3.05) is 18.5 Å². The monoisotopic (exact) mass is 517 g/mol. The first kappa shape index (κ1) is 24.1. The Kier molecular flexibility index (Phi) is 6.75. The summed E-state index contributed by atoms with van der Waals surface area (Å²) in [5, 5.41) is 2.94. The van der Waals surface area contributed by atoms with Crippen molar-refractivity contribution in [2.45, 2.75) is 61.6 Å². The van der Waals surface area contributed by atoms with Crippen LogP contribution in [0.2, 0.25) is 0 Å². The van der Waals surface area contributed by atoms with Gasteiger partial charge in [-0.2, -0.15) is 0 Å². The van der Waals surface area contributed by atoms with E-state index in [4.69, 9.17) is 14.2 Å². The molecule has 2 aromatic heterocycles. The van der Waals surface area contributed by atoms with Crippen molar-refractivity contribution in [3.05, 3.63) is 42.0 Å². The number of anilines is 1. The first-order valence-electron chi connectivity index (χ1n) is 11.6. The molecular weight excluding hydrogens is 490 g/mol. The number of pyridine rings is 1. The van der Waals surface area contributed by atoms with E-state index >= 15 is 0 Å². The molecule has 5 rings (SSSR count). The summed E-state index contributed by atoms with van der Waals surface area (Å²) in [4.78, 5) is 23.2. The fraction of sp³-hybridized carbons (Fsp3) is 0.458. The number of carbonyl (C=O) groups excluding carboxylic acids is 1. The smallest absolute Gasteiger partial charge is 0.259 e. The van der Waals surface area contributed by atoms with E-state index in [2.05, 4.69) is 15.3 Å². The number of thiazole rings is 1. The van der Waals surface area contributed by atoms with Crippen LogP contribution in [-0.4, -0.2) is 55.0 Å². The van der Waals surface area contributed by atoms with E-state index in [-0.39, 0.29) is 22.4 Å². The summed E-state index contributed by atoms with van der Waals surface area (Å²) in [5.74, 6) is 0.102. The Morgan fingerprint density at radius 3 is 2.54 bits per heavy atom. The molecule has 1 aliphatic heterocycles. The lowest BCUT2D eigenvalue weighted by Gasteiger charge is -2.21. The number of fused-ring (bicyclic) bond motifs is 1. The summed E-state index contributed by atoms with van der Waals surface area (Å²) in [6, 6.07) is 9.94. The first-order valence-corrected chi connectivity index (χ1v) is 14.0. The van der Waals surface area contributed by atoms with Crippen LogP contribution in [0.3, 0.4) is 0 Å². The molecule has 9 nitrogen and oxygen atoms in total. The zero-order chi connectivity index (χ0) is 24.6. The van der Waals surface area contributed by atoms with Crippen molar-refractivity contribution in [1.82, 2.24) is 9.97 Å². The maximum absolute atomic E-state index is 13.3. The minimum Gasteiger partial charge on any atom is -0.475 e. The number of nitrogens with one attached hydrogen (secondary N) is 1. The van der Waals surface area contributed by atoms with Gasteiger partial charge in [-0.1, -0.05) is 23.5 Å². The summed E-state index contributed by atoms with van der Waals surface area (Å²) < 4.78 is 42.2. The molecule has 1 saturated heterocycles. The fourth-order valence-electron chi connectivity index (χ4n) is 3.84. The molecule has 11 heteroatoms. The van der Waals surface area contributed by atoms with Crippen LogP contribution in [0.15, 0.2) is 41.3 Å². The number of nitrogens with zero attached hydrogens (tertiary/aromatic N) is 2. The quantitative estimate of drug-likeness (QED) is 0.454. The van der Waals surface area contributed by atoms with Crippen LogP contribution in [0.4, 0.5) is 5.13 Å². The number of hydrogen-bond acceptors (Lipinski definition) is 9. The van der Waals surface area contributed by atoms with Gasteiger partial charge in [0.2, 0.25) is 5.88 Å². The lowest BCUT2D eigenvalue weighted by Crippen LogP contribution is -2.28. The van der Waals surface area contributed by atoms with Gasteiger partial charge in [-0.15, -0.1) is 0 Å². The van der Waals surface area contributed by atoms with Gasteiger partial charge in [-0.25, -0.2) is 18.4 Å². The highest BCUT2D eigenvalue weighted by Crippen LogP contribution is 2.34. The Morgan fingerprint density at radius 1 is 1.11 bits per heavy atom. The Labute approximate surface area is 207 Å². The number of benzene rings is 1. The van der Waals surface area contributed by atoms with Crippen molar-refractivity contribution in [1.29, 1.82) is 0 Å².